The monoisotopic (exact) mass is 526 g/mol. The molecule has 4 rings (SSSR count). The molecular weight excluding hydrogens is 488 g/mol. The molecule has 206 valence electrons. The minimum Gasteiger partial charge on any atom is -0.484 e. The molecule has 0 aliphatic carbocycles. The quantitative estimate of drug-likeness (QED) is 0.472. The van der Waals surface area contributed by atoms with E-state index in [9.17, 15) is 9.59 Å². The number of hydrogen-bond donors (Lipinski definition) is 1. The molecule has 3 aromatic rings. The number of ether oxygens (including phenoxy) is 3. The maximum atomic E-state index is 12.8. The second-order valence-corrected chi connectivity index (χ2v) is 10.3. The Kier molecular flexibility index (Phi) is 8.25. The molecule has 1 aliphatic heterocycles. The molecule has 2 aromatic heterocycles. The molecule has 0 radical (unpaired) electrons. The molecule has 38 heavy (non-hydrogen) atoms. The number of imidazole rings is 1. The second-order valence-electron chi connectivity index (χ2n) is 10.3. The van der Waals surface area contributed by atoms with E-state index >= 15 is 0 Å². The Labute approximate surface area is 222 Å². The number of carbonyl (C=O) groups is 2. The number of nitrogens with zero attached hydrogens (tertiary/aromatic N) is 5. The minimum atomic E-state index is -0.552. The lowest BCUT2D eigenvalue weighted by Crippen LogP contribution is -2.52. The smallest absolute Gasteiger partial charge is 0.410 e. The predicted molar refractivity (Wildman–Crippen MR) is 145 cm³/mol. The van der Waals surface area contributed by atoms with Crippen molar-refractivity contribution in [1.82, 2.24) is 24.3 Å². The third-order valence-corrected chi connectivity index (χ3v) is 6.28. The first-order valence-corrected chi connectivity index (χ1v) is 13.2. The van der Waals surface area contributed by atoms with Crippen molar-refractivity contribution in [3.05, 3.63) is 24.0 Å². The minimum absolute atomic E-state index is 0.104. The number of piperazine rings is 1. The van der Waals surface area contributed by atoms with Gasteiger partial charge in [-0.3, -0.25) is 4.79 Å². The summed E-state index contributed by atoms with van der Waals surface area (Å²) in [5.74, 6) is 1.59. The van der Waals surface area contributed by atoms with Crippen molar-refractivity contribution >= 4 is 39.8 Å². The van der Waals surface area contributed by atoms with Gasteiger partial charge in [-0.2, -0.15) is 0 Å². The van der Waals surface area contributed by atoms with E-state index in [1.165, 1.54) is 0 Å². The standard InChI is InChI=1S/C27H38N6O5/c1-6-10-33-21(16-36-7-2)30-23-24(33)19-15-18(8-9-20(19)29-25(23)28)37-17-22(34)31-11-13-32(14-12-31)26(35)38-27(3,4)5/h8-9,15H,6-7,10-14,16-17H2,1-5H3,(H2,28,29). The summed E-state index contributed by atoms with van der Waals surface area (Å²) in [6.45, 7) is 12.9. The molecule has 0 saturated carbocycles. The van der Waals surface area contributed by atoms with Crippen molar-refractivity contribution in [2.75, 3.05) is 45.1 Å². The number of nitrogen functional groups attached to an aromatic ring is 1. The van der Waals surface area contributed by atoms with Crippen LogP contribution in [0.5, 0.6) is 5.75 Å². The van der Waals surface area contributed by atoms with Gasteiger partial charge >= 0.3 is 6.09 Å². The van der Waals surface area contributed by atoms with Crippen molar-refractivity contribution in [3.8, 4) is 5.75 Å². The SMILES string of the molecule is CCCn1c(COCC)nc2c(N)nc3ccc(OCC(=O)N4CCN(C(=O)OC(C)(C)C)CC4)cc3c21. The highest BCUT2D eigenvalue weighted by Crippen LogP contribution is 2.32. The number of amides is 2. The van der Waals surface area contributed by atoms with Crippen LogP contribution in [0.15, 0.2) is 18.2 Å². The van der Waals surface area contributed by atoms with E-state index in [1.807, 2.05) is 39.8 Å². The van der Waals surface area contributed by atoms with E-state index in [2.05, 4.69) is 16.5 Å². The number of benzene rings is 1. The van der Waals surface area contributed by atoms with Crippen molar-refractivity contribution in [3.63, 3.8) is 0 Å². The van der Waals surface area contributed by atoms with Gasteiger partial charge in [0.05, 0.1) is 11.0 Å². The summed E-state index contributed by atoms with van der Waals surface area (Å²) in [4.78, 5) is 37.7. The largest absolute Gasteiger partial charge is 0.484 e. The Morgan fingerprint density at radius 3 is 2.42 bits per heavy atom. The van der Waals surface area contributed by atoms with Crippen molar-refractivity contribution in [2.45, 2.75) is 59.8 Å². The van der Waals surface area contributed by atoms with E-state index in [-0.39, 0.29) is 18.6 Å². The van der Waals surface area contributed by atoms with Gasteiger partial charge in [0.15, 0.2) is 12.4 Å². The van der Waals surface area contributed by atoms with Gasteiger partial charge < -0.3 is 34.3 Å². The summed E-state index contributed by atoms with van der Waals surface area (Å²) in [6, 6.07) is 5.52. The molecule has 0 unspecified atom stereocenters. The molecule has 11 nitrogen and oxygen atoms in total. The van der Waals surface area contributed by atoms with Gasteiger partial charge in [-0.1, -0.05) is 6.92 Å². The average Bonchev–Trinajstić information content (AvgIpc) is 3.24. The molecule has 2 amide bonds. The summed E-state index contributed by atoms with van der Waals surface area (Å²) in [5.41, 5.74) is 7.97. The molecule has 0 spiro atoms. The number of nitrogens with two attached hydrogens (primary N) is 1. The zero-order valence-corrected chi connectivity index (χ0v) is 23.0. The van der Waals surface area contributed by atoms with Crippen LogP contribution in [0.1, 0.15) is 46.9 Å². The van der Waals surface area contributed by atoms with Crippen LogP contribution in [0, 0.1) is 0 Å². The van der Waals surface area contributed by atoms with E-state index < -0.39 is 5.60 Å². The van der Waals surface area contributed by atoms with Gasteiger partial charge in [-0.15, -0.1) is 0 Å². The summed E-state index contributed by atoms with van der Waals surface area (Å²) in [6.07, 6.45) is 0.560. The summed E-state index contributed by atoms with van der Waals surface area (Å²) < 4.78 is 19.1. The lowest BCUT2D eigenvalue weighted by atomic mass is 10.1. The van der Waals surface area contributed by atoms with Crippen LogP contribution in [-0.2, 0) is 27.4 Å². The molecule has 11 heteroatoms. The number of rotatable bonds is 8. The number of pyridine rings is 1. The highest BCUT2D eigenvalue weighted by molar-refractivity contribution is 6.07. The van der Waals surface area contributed by atoms with Crippen molar-refractivity contribution < 1.29 is 23.8 Å². The van der Waals surface area contributed by atoms with Crippen molar-refractivity contribution in [1.29, 1.82) is 0 Å². The molecule has 2 N–H and O–H groups in total. The fraction of sp³-hybridized carbons (Fsp3) is 0.556. The number of carbonyl (C=O) groups excluding carboxylic acids is 2. The van der Waals surface area contributed by atoms with Gasteiger partial charge in [0.1, 0.15) is 29.3 Å². The Hall–Kier alpha value is -3.60. The van der Waals surface area contributed by atoms with Gasteiger partial charge in [0, 0.05) is 44.7 Å². The maximum absolute atomic E-state index is 12.8. The number of aryl methyl sites for hydroxylation is 1. The maximum Gasteiger partial charge on any atom is 0.410 e. The normalized spacial score (nSPS) is 14.3. The first kappa shape index (κ1) is 27.4. The van der Waals surface area contributed by atoms with Crippen LogP contribution in [0.4, 0.5) is 10.6 Å². The van der Waals surface area contributed by atoms with Gasteiger partial charge in [-0.25, -0.2) is 14.8 Å². The summed E-state index contributed by atoms with van der Waals surface area (Å²) >= 11 is 0. The Morgan fingerprint density at radius 2 is 1.76 bits per heavy atom. The van der Waals surface area contributed by atoms with Crippen LogP contribution in [0.2, 0.25) is 0 Å². The average molecular weight is 527 g/mol. The lowest BCUT2D eigenvalue weighted by Gasteiger charge is -2.35. The lowest BCUT2D eigenvalue weighted by molar-refractivity contribution is -0.135. The van der Waals surface area contributed by atoms with E-state index in [0.717, 1.165) is 35.2 Å². The number of aromatic nitrogens is 3. The third kappa shape index (κ3) is 6.09. The first-order valence-electron chi connectivity index (χ1n) is 13.2. The molecular formula is C27H38N6O5. The predicted octanol–water partition coefficient (Wildman–Crippen LogP) is 3.57. The van der Waals surface area contributed by atoms with Crippen LogP contribution in [-0.4, -0.2) is 81.3 Å². The number of anilines is 1. The number of fused-ring (bicyclic) bond motifs is 3. The first-order chi connectivity index (χ1) is 18.1. The van der Waals surface area contributed by atoms with Crippen molar-refractivity contribution in [2.24, 2.45) is 0 Å². The second kappa shape index (κ2) is 11.4. The van der Waals surface area contributed by atoms with Gasteiger partial charge in [0.25, 0.3) is 5.91 Å². The molecule has 1 saturated heterocycles. The highest BCUT2D eigenvalue weighted by Gasteiger charge is 2.28. The zero-order chi connectivity index (χ0) is 27.4. The molecule has 1 fully saturated rings. The van der Waals surface area contributed by atoms with Gasteiger partial charge in [-0.05, 0) is 52.3 Å². The zero-order valence-electron chi connectivity index (χ0n) is 23.0. The van der Waals surface area contributed by atoms with E-state index in [1.54, 1.807) is 15.9 Å². The molecule has 0 atom stereocenters. The Bertz CT molecular complexity index is 1310. The topological polar surface area (TPSA) is 125 Å². The van der Waals surface area contributed by atoms with Crippen LogP contribution in [0.3, 0.4) is 0 Å². The molecule has 0 bridgehead atoms. The molecule has 1 aromatic carbocycles. The van der Waals surface area contributed by atoms with E-state index in [0.29, 0.717) is 56.5 Å². The van der Waals surface area contributed by atoms with Crippen LogP contribution in [0.25, 0.3) is 21.9 Å². The van der Waals surface area contributed by atoms with Crippen LogP contribution < -0.4 is 10.5 Å². The fourth-order valence-corrected chi connectivity index (χ4v) is 4.49. The van der Waals surface area contributed by atoms with Gasteiger partial charge in [0.2, 0.25) is 0 Å². The third-order valence-electron chi connectivity index (χ3n) is 6.28. The molecule has 1 aliphatic rings. The Morgan fingerprint density at radius 1 is 1.05 bits per heavy atom. The van der Waals surface area contributed by atoms with E-state index in [4.69, 9.17) is 24.9 Å². The molecule has 3 heterocycles. The fourth-order valence-electron chi connectivity index (χ4n) is 4.49. The highest BCUT2D eigenvalue weighted by atomic mass is 16.6. The Balaban J connectivity index is 1.48. The summed E-state index contributed by atoms with van der Waals surface area (Å²) in [7, 11) is 0. The van der Waals surface area contributed by atoms with Crippen LogP contribution >= 0.6 is 0 Å². The number of hydrogen-bond acceptors (Lipinski definition) is 8. The summed E-state index contributed by atoms with van der Waals surface area (Å²) in [5, 5.41) is 0.855.